The molecule has 0 amide bonds. The van der Waals surface area contributed by atoms with Crippen LogP contribution in [0.5, 0.6) is 0 Å². The Morgan fingerprint density at radius 3 is 2.71 bits per heavy atom. The van der Waals surface area contributed by atoms with E-state index in [-0.39, 0.29) is 4.34 Å². The maximum Gasteiger partial charge on any atom is 0.267 e. The van der Waals surface area contributed by atoms with E-state index in [9.17, 15) is 8.42 Å². The summed E-state index contributed by atoms with van der Waals surface area (Å²) in [5.41, 5.74) is 0.714. The van der Waals surface area contributed by atoms with Gasteiger partial charge in [0.15, 0.2) is 0 Å². The number of nitrogens with zero attached hydrogens (tertiary/aromatic N) is 1. The fourth-order valence-electron chi connectivity index (χ4n) is 1.05. The third-order valence-corrected chi connectivity index (χ3v) is 4.60. The third-order valence-electron chi connectivity index (χ3n) is 1.77. The highest BCUT2D eigenvalue weighted by Gasteiger charge is 2.16. The third kappa shape index (κ3) is 1.52. The van der Waals surface area contributed by atoms with Crippen molar-refractivity contribution >= 4 is 31.6 Å². The SMILES string of the molecule is CNS(=O)(=O)c1nc2ccccc2s1. The molecule has 74 valence electrons. The Morgan fingerprint density at radius 2 is 2.07 bits per heavy atom. The van der Waals surface area contributed by atoms with Crippen LogP contribution in [0, 0.1) is 0 Å². The number of nitrogens with one attached hydrogen (secondary N) is 1. The van der Waals surface area contributed by atoms with E-state index < -0.39 is 10.0 Å². The maximum absolute atomic E-state index is 11.4. The summed E-state index contributed by atoms with van der Waals surface area (Å²) in [4.78, 5) is 4.02. The van der Waals surface area contributed by atoms with Crippen molar-refractivity contribution in [1.82, 2.24) is 9.71 Å². The average molecular weight is 228 g/mol. The Balaban J connectivity index is 2.67. The molecule has 0 fully saturated rings. The molecule has 0 radical (unpaired) electrons. The molecule has 0 unspecified atom stereocenters. The first-order chi connectivity index (χ1) is 6.63. The molecular formula is C8H8N2O2S2. The van der Waals surface area contributed by atoms with Gasteiger partial charge in [0.2, 0.25) is 4.34 Å². The van der Waals surface area contributed by atoms with E-state index in [1.165, 1.54) is 18.4 Å². The minimum atomic E-state index is -3.40. The van der Waals surface area contributed by atoms with Gasteiger partial charge in [0.25, 0.3) is 10.0 Å². The number of fused-ring (bicyclic) bond motifs is 1. The van der Waals surface area contributed by atoms with Crippen LogP contribution in [0.2, 0.25) is 0 Å². The molecule has 1 aromatic heterocycles. The van der Waals surface area contributed by atoms with Gasteiger partial charge < -0.3 is 0 Å². The van der Waals surface area contributed by atoms with Gasteiger partial charge in [-0.25, -0.2) is 18.1 Å². The second-order valence-electron chi connectivity index (χ2n) is 2.66. The van der Waals surface area contributed by atoms with Crippen molar-refractivity contribution in [3.63, 3.8) is 0 Å². The number of rotatable bonds is 2. The number of hydrogen-bond donors (Lipinski definition) is 1. The second-order valence-corrected chi connectivity index (χ2v) is 5.75. The first kappa shape index (κ1) is 9.57. The zero-order chi connectivity index (χ0) is 10.2. The highest BCUT2D eigenvalue weighted by atomic mass is 32.2. The normalized spacial score (nSPS) is 12.1. The zero-order valence-electron chi connectivity index (χ0n) is 7.39. The Bertz CT molecular complexity index is 526. The lowest BCUT2D eigenvalue weighted by Crippen LogP contribution is -2.18. The van der Waals surface area contributed by atoms with Crippen molar-refractivity contribution in [1.29, 1.82) is 0 Å². The van der Waals surface area contributed by atoms with Crippen LogP contribution in [0.25, 0.3) is 10.2 Å². The molecule has 4 nitrogen and oxygen atoms in total. The lowest BCUT2D eigenvalue weighted by Gasteiger charge is -1.93. The molecule has 0 spiro atoms. The topological polar surface area (TPSA) is 59.1 Å². The quantitative estimate of drug-likeness (QED) is 0.840. The smallest absolute Gasteiger partial charge is 0.224 e. The molecule has 14 heavy (non-hydrogen) atoms. The van der Waals surface area contributed by atoms with Crippen LogP contribution in [0.3, 0.4) is 0 Å². The van der Waals surface area contributed by atoms with Crippen LogP contribution >= 0.6 is 11.3 Å². The first-order valence-electron chi connectivity index (χ1n) is 3.92. The molecule has 2 rings (SSSR count). The van der Waals surface area contributed by atoms with Crippen molar-refractivity contribution in [2.75, 3.05) is 7.05 Å². The second kappa shape index (κ2) is 3.30. The summed E-state index contributed by atoms with van der Waals surface area (Å²) < 4.78 is 26.0. The van der Waals surface area contributed by atoms with Crippen LogP contribution in [0.15, 0.2) is 28.6 Å². The van der Waals surface area contributed by atoms with Gasteiger partial charge in [-0.15, -0.1) is 11.3 Å². The number of hydrogen-bond acceptors (Lipinski definition) is 4. The molecule has 0 bridgehead atoms. The Hall–Kier alpha value is -0.980. The molecule has 0 saturated carbocycles. The van der Waals surface area contributed by atoms with E-state index in [1.807, 2.05) is 18.2 Å². The van der Waals surface area contributed by atoms with Gasteiger partial charge in [0, 0.05) is 0 Å². The van der Waals surface area contributed by atoms with Crippen LogP contribution < -0.4 is 4.72 Å². The maximum atomic E-state index is 11.4. The van der Waals surface area contributed by atoms with E-state index in [1.54, 1.807) is 6.07 Å². The number of sulfonamides is 1. The van der Waals surface area contributed by atoms with Gasteiger partial charge in [-0.2, -0.15) is 0 Å². The Morgan fingerprint density at radius 1 is 1.36 bits per heavy atom. The summed E-state index contributed by atoms with van der Waals surface area (Å²) in [6.45, 7) is 0. The van der Waals surface area contributed by atoms with Crippen molar-refractivity contribution in [2.24, 2.45) is 0 Å². The monoisotopic (exact) mass is 228 g/mol. The minimum absolute atomic E-state index is 0.112. The summed E-state index contributed by atoms with van der Waals surface area (Å²) in [6.07, 6.45) is 0. The summed E-state index contributed by atoms with van der Waals surface area (Å²) in [7, 11) is -2.03. The summed E-state index contributed by atoms with van der Waals surface area (Å²) in [6, 6.07) is 7.33. The highest BCUT2D eigenvalue weighted by molar-refractivity contribution is 7.91. The highest BCUT2D eigenvalue weighted by Crippen LogP contribution is 2.24. The molecule has 0 atom stereocenters. The van der Waals surface area contributed by atoms with E-state index in [4.69, 9.17) is 0 Å². The van der Waals surface area contributed by atoms with Crippen LogP contribution in [-0.2, 0) is 10.0 Å². The van der Waals surface area contributed by atoms with E-state index >= 15 is 0 Å². The van der Waals surface area contributed by atoms with E-state index in [0.29, 0.717) is 5.52 Å². The summed E-state index contributed by atoms with van der Waals surface area (Å²) >= 11 is 1.17. The molecule has 0 aliphatic heterocycles. The fraction of sp³-hybridized carbons (Fsp3) is 0.125. The Kier molecular flexibility index (Phi) is 2.26. The van der Waals surface area contributed by atoms with Crippen molar-refractivity contribution in [3.05, 3.63) is 24.3 Å². The molecule has 6 heteroatoms. The van der Waals surface area contributed by atoms with E-state index in [0.717, 1.165) is 4.70 Å². The lowest BCUT2D eigenvalue weighted by atomic mass is 10.3. The lowest BCUT2D eigenvalue weighted by molar-refractivity contribution is 0.587. The predicted octanol–water partition coefficient (Wildman–Crippen LogP) is 1.20. The van der Waals surface area contributed by atoms with E-state index in [2.05, 4.69) is 9.71 Å². The molecule has 1 N–H and O–H groups in total. The minimum Gasteiger partial charge on any atom is -0.224 e. The number of aromatic nitrogens is 1. The van der Waals surface area contributed by atoms with Crippen molar-refractivity contribution < 1.29 is 8.42 Å². The molecular weight excluding hydrogens is 220 g/mol. The van der Waals surface area contributed by atoms with Crippen LogP contribution in [0.4, 0.5) is 0 Å². The summed E-state index contributed by atoms with van der Waals surface area (Å²) in [5, 5.41) is 0. The first-order valence-corrected chi connectivity index (χ1v) is 6.22. The van der Waals surface area contributed by atoms with Crippen molar-refractivity contribution in [2.45, 2.75) is 4.34 Å². The van der Waals surface area contributed by atoms with Gasteiger partial charge in [-0.05, 0) is 19.2 Å². The molecule has 1 aromatic carbocycles. The summed E-state index contributed by atoms with van der Waals surface area (Å²) in [5.74, 6) is 0. The number of benzene rings is 1. The fourth-order valence-corrected chi connectivity index (χ4v) is 3.10. The standard InChI is InChI=1S/C8H8N2O2S2/c1-9-14(11,12)8-10-6-4-2-3-5-7(6)13-8/h2-5,9H,1H3. The van der Waals surface area contributed by atoms with Gasteiger partial charge in [-0.3, -0.25) is 0 Å². The molecule has 1 heterocycles. The van der Waals surface area contributed by atoms with Crippen LogP contribution in [0.1, 0.15) is 0 Å². The largest absolute Gasteiger partial charge is 0.267 e. The molecule has 0 aliphatic carbocycles. The van der Waals surface area contributed by atoms with Crippen LogP contribution in [-0.4, -0.2) is 20.4 Å². The number of para-hydroxylation sites is 1. The Labute approximate surface area is 85.6 Å². The van der Waals surface area contributed by atoms with Gasteiger partial charge in [0.1, 0.15) is 0 Å². The van der Waals surface area contributed by atoms with Gasteiger partial charge in [-0.1, -0.05) is 12.1 Å². The average Bonchev–Trinajstić information content (AvgIpc) is 2.61. The van der Waals surface area contributed by atoms with Crippen molar-refractivity contribution in [3.8, 4) is 0 Å². The zero-order valence-corrected chi connectivity index (χ0v) is 9.02. The number of thiazole rings is 1. The molecule has 0 saturated heterocycles. The van der Waals surface area contributed by atoms with Gasteiger partial charge >= 0.3 is 0 Å². The molecule has 0 aliphatic rings. The molecule has 2 aromatic rings. The predicted molar refractivity (Wildman–Crippen MR) is 55.9 cm³/mol. The van der Waals surface area contributed by atoms with Gasteiger partial charge in [0.05, 0.1) is 10.2 Å².